The van der Waals surface area contributed by atoms with Crippen LogP contribution in [0.15, 0.2) is 48.5 Å². The summed E-state index contributed by atoms with van der Waals surface area (Å²) in [6.45, 7) is 4.15. The van der Waals surface area contributed by atoms with Crippen LogP contribution in [0.4, 0.5) is 4.39 Å². The van der Waals surface area contributed by atoms with E-state index in [-0.39, 0.29) is 18.0 Å². The molecule has 0 radical (unpaired) electrons. The lowest BCUT2D eigenvalue weighted by Crippen LogP contribution is -2.43. The van der Waals surface area contributed by atoms with Crippen LogP contribution in [0.3, 0.4) is 0 Å². The van der Waals surface area contributed by atoms with Crippen LogP contribution in [0.2, 0.25) is 0 Å². The van der Waals surface area contributed by atoms with E-state index >= 15 is 0 Å². The predicted octanol–water partition coefficient (Wildman–Crippen LogP) is 3.24. The summed E-state index contributed by atoms with van der Waals surface area (Å²) in [6, 6.07) is 14.4. The van der Waals surface area contributed by atoms with Crippen molar-refractivity contribution in [2.45, 2.75) is 19.1 Å². The van der Waals surface area contributed by atoms with Gasteiger partial charge in [0.25, 0.3) is 0 Å². The number of morpholine rings is 1. The zero-order valence-electron chi connectivity index (χ0n) is 12.6. The molecule has 116 valence electrons. The van der Waals surface area contributed by atoms with Gasteiger partial charge in [-0.3, -0.25) is 0 Å². The standard InChI is InChI=1S/C18H20FNO2/c1-13-5-2-3-8-16(13)22-18(17-12-20-9-10-21-17)14-6-4-7-15(19)11-14/h2-8,11,17-18,20H,9-10,12H2,1H3/t17-,18?/m0/s1. The first-order valence-corrected chi connectivity index (χ1v) is 7.54. The molecule has 1 N–H and O–H groups in total. The minimum absolute atomic E-state index is 0.143. The van der Waals surface area contributed by atoms with Gasteiger partial charge in [0, 0.05) is 13.1 Å². The molecule has 1 aliphatic rings. The lowest BCUT2D eigenvalue weighted by Gasteiger charge is -2.32. The van der Waals surface area contributed by atoms with Gasteiger partial charge in [-0.1, -0.05) is 30.3 Å². The van der Waals surface area contributed by atoms with Gasteiger partial charge in [-0.2, -0.15) is 0 Å². The molecule has 1 heterocycles. The molecular formula is C18H20FNO2. The summed E-state index contributed by atoms with van der Waals surface area (Å²) in [4.78, 5) is 0. The molecule has 1 aliphatic heterocycles. The van der Waals surface area contributed by atoms with Crippen molar-refractivity contribution in [1.82, 2.24) is 5.32 Å². The van der Waals surface area contributed by atoms with Gasteiger partial charge in [0.1, 0.15) is 17.7 Å². The number of rotatable bonds is 4. The van der Waals surface area contributed by atoms with Crippen LogP contribution in [-0.4, -0.2) is 25.8 Å². The molecule has 0 aliphatic carbocycles. The quantitative estimate of drug-likeness (QED) is 0.940. The van der Waals surface area contributed by atoms with Crippen LogP contribution in [0.5, 0.6) is 5.75 Å². The molecule has 0 aromatic heterocycles. The molecule has 3 nitrogen and oxygen atoms in total. The lowest BCUT2D eigenvalue weighted by atomic mass is 10.0. The number of ether oxygens (including phenoxy) is 2. The Labute approximate surface area is 130 Å². The lowest BCUT2D eigenvalue weighted by molar-refractivity contribution is -0.0435. The second-order valence-electron chi connectivity index (χ2n) is 5.47. The molecule has 4 heteroatoms. The maximum absolute atomic E-state index is 13.6. The number of aryl methyl sites for hydroxylation is 1. The first-order chi connectivity index (χ1) is 10.7. The van der Waals surface area contributed by atoms with Crippen LogP contribution in [-0.2, 0) is 4.74 Å². The zero-order chi connectivity index (χ0) is 15.4. The van der Waals surface area contributed by atoms with Crippen molar-refractivity contribution in [1.29, 1.82) is 0 Å². The van der Waals surface area contributed by atoms with Crippen molar-refractivity contribution in [2.24, 2.45) is 0 Å². The highest BCUT2D eigenvalue weighted by Gasteiger charge is 2.28. The number of hydrogen-bond donors (Lipinski definition) is 1. The van der Waals surface area contributed by atoms with E-state index in [0.717, 1.165) is 23.4 Å². The van der Waals surface area contributed by atoms with E-state index in [2.05, 4.69) is 5.32 Å². The van der Waals surface area contributed by atoms with Gasteiger partial charge in [0.05, 0.1) is 6.61 Å². The van der Waals surface area contributed by atoms with Crippen LogP contribution in [0.25, 0.3) is 0 Å². The third kappa shape index (κ3) is 3.46. The summed E-state index contributed by atoms with van der Waals surface area (Å²) in [5.41, 5.74) is 1.84. The SMILES string of the molecule is Cc1ccccc1OC(c1cccc(F)c1)[C@@H]1CNCCO1. The van der Waals surface area contributed by atoms with Crippen molar-refractivity contribution in [3.63, 3.8) is 0 Å². The van der Waals surface area contributed by atoms with Gasteiger partial charge < -0.3 is 14.8 Å². The number of benzene rings is 2. The Balaban J connectivity index is 1.90. The Hall–Kier alpha value is -1.91. The smallest absolute Gasteiger partial charge is 0.151 e. The summed E-state index contributed by atoms with van der Waals surface area (Å²) in [7, 11) is 0. The molecule has 3 rings (SSSR count). The minimum Gasteiger partial charge on any atom is -0.483 e. The topological polar surface area (TPSA) is 30.5 Å². The van der Waals surface area contributed by atoms with Crippen molar-refractivity contribution in [3.8, 4) is 5.75 Å². The van der Waals surface area contributed by atoms with Crippen molar-refractivity contribution >= 4 is 0 Å². The highest BCUT2D eigenvalue weighted by Crippen LogP contribution is 2.29. The molecule has 1 fully saturated rings. The van der Waals surface area contributed by atoms with Crippen LogP contribution >= 0.6 is 0 Å². The van der Waals surface area contributed by atoms with Crippen LogP contribution in [0.1, 0.15) is 17.2 Å². The summed E-state index contributed by atoms with van der Waals surface area (Å²) in [5.74, 6) is 0.533. The highest BCUT2D eigenvalue weighted by atomic mass is 19.1. The fourth-order valence-electron chi connectivity index (χ4n) is 2.65. The van der Waals surface area contributed by atoms with Crippen molar-refractivity contribution in [2.75, 3.05) is 19.7 Å². The Morgan fingerprint density at radius 2 is 2.09 bits per heavy atom. The Morgan fingerprint density at radius 1 is 1.23 bits per heavy atom. The van der Waals surface area contributed by atoms with Gasteiger partial charge in [0.2, 0.25) is 0 Å². The Kier molecular flexibility index (Phi) is 4.71. The van der Waals surface area contributed by atoms with Gasteiger partial charge in [-0.05, 0) is 36.2 Å². The fraction of sp³-hybridized carbons (Fsp3) is 0.333. The second-order valence-corrected chi connectivity index (χ2v) is 5.47. The molecule has 0 amide bonds. The molecule has 1 unspecified atom stereocenters. The molecule has 2 atom stereocenters. The summed E-state index contributed by atoms with van der Waals surface area (Å²) < 4.78 is 25.6. The highest BCUT2D eigenvalue weighted by molar-refractivity contribution is 5.33. The molecule has 1 saturated heterocycles. The largest absolute Gasteiger partial charge is 0.483 e. The molecule has 0 bridgehead atoms. The molecular weight excluding hydrogens is 281 g/mol. The van der Waals surface area contributed by atoms with Gasteiger partial charge >= 0.3 is 0 Å². The monoisotopic (exact) mass is 301 g/mol. The van der Waals surface area contributed by atoms with Crippen LogP contribution in [0, 0.1) is 12.7 Å². The van der Waals surface area contributed by atoms with E-state index in [1.807, 2.05) is 37.3 Å². The van der Waals surface area contributed by atoms with E-state index < -0.39 is 0 Å². The fourth-order valence-corrected chi connectivity index (χ4v) is 2.65. The zero-order valence-corrected chi connectivity index (χ0v) is 12.6. The first-order valence-electron chi connectivity index (χ1n) is 7.54. The van der Waals surface area contributed by atoms with E-state index in [0.29, 0.717) is 13.2 Å². The molecule has 2 aromatic rings. The summed E-state index contributed by atoms with van der Waals surface area (Å²) in [5, 5.41) is 3.30. The average Bonchev–Trinajstić information content (AvgIpc) is 2.55. The van der Waals surface area contributed by atoms with Gasteiger partial charge in [-0.25, -0.2) is 4.39 Å². The van der Waals surface area contributed by atoms with Crippen LogP contribution < -0.4 is 10.1 Å². The van der Waals surface area contributed by atoms with E-state index in [1.54, 1.807) is 6.07 Å². The maximum atomic E-state index is 13.6. The molecule has 22 heavy (non-hydrogen) atoms. The Bertz CT molecular complexity index is 626. The third-order valence-electron chi connectivity index (χ3n) is 3.82. The van der Waals surface area contributed by atoms with Gasteiger partial charge in [0.15, 0.2) is 6.10 Å². The molecule has 2 aromatic carbocycles. The molecule has 0 saturated carbocycles. The third-order valence-corrected chi connectivity index (χ3v) is 3.82. The average molecular weight is 301 g/mol. The summed E-state index contributed by atoms with van der Waals surface area (Å²) in [6.07, 6.45) is -0.486. The van der Waals surface area contributed by atoms with Gasteiger partial charge in [-0.15, -0.1) is 0 Å². The predicted molar refractivity (Wildman–Crippen MR) is 83.6 cm³/mol. The first kappa shape index (κ1) is 15.0. The minimum atomic E-state index is -0.343. The number of nitrogens with one attached hydrogen (secondary N) is 1. The Morgan fingerprint density at radius 3 is 2.82 bits per heavy atom. The van der Waals surface area contributed by atoms with E-state index in [9.17, 15) is 4.39 Å². The van der Waals surface area contributed by atoms with Crippen molar-refractivity contribution < 1.29 is 13.9 Å². The van der Waals surface area contributed by atoms with E-state index in [1.165, 1.54) is 12.1 Å². The molecule has 0 spiro atoms. The number of hydrogen-bond acceptors (Lipinski definition) is 3. The van der Waals surface area contributed by atoms with E-state index in [4.69, 9.17) is 9.47 Å². The summed E-state index contributed by atoms with van der Waals surface area (Å²) >= 11 is 0. The number of halogens is 1. The normalized spacial score (nSPS) is 19.6. The second kappa shape index (κ2) is 6.90. The maximum Gasteiger partial charge on any atom is 0.151 e. The van der Waals surface area contributed by atoms with Crippen molar-refractivity contribution in [3.05, 3.63) is 65.5 Å². The number of para-hydroxylation sites is 1.